The standard InChI is InChI=1S/C19H20ClNO3S/c1-12-8-9-15(20)10-16(12)21-19(23)14(3)24-18(22)11-25-17-7-5-4-6-13(17)2/h4-10,14H,11H2,1-3H3,(H,21,23)/t14-/m1/s1. The maximum atomic E-state index is 12.2. The fraction of sp³-hybridized carbons (Fsp3) is 0.263. The number of hydrogen-bond donors (Lipinski definition) is 1. The van der Waals surface area contributed by atoms with Crippen LogP contribution < -0.4 is 5.32 Å². The minimum Gasteiger partial charge on any atom is -0.452 e. The van der Waals surface area contributed by atoms with E-state index in [0.717, 1.165) is 16.0 Å². The predicted molar refractivity (Wildman–Crippen MR) is 102 cm³/mol. The quantitative estimate of drug-likeness (QED) is 0.589. The van der Waals surface area contributed by atoms with Crippen molar-refractivity contribution in [3.63, 3.8) is 0 Å². The highest BCUT2D eigenvalue weighted by atomic mass is 35.5. The number of thioether (sulfide) groups is 1. The summed E-state index contributed by atoms with van der Waals surface area (Å²) in [6.45, 7) is 5.39. The fourth-order valence-corrected chi connectivity index (χ4v) is 3.09. The van der Waals surface area contributed by atoms with Crippen LogP contribution in [0, 0.1) is 13.8 Å². The number of ether oxygens (including phenoxy) is 1. The van der Waals surface area contributed by atoms with Gasteiger partial charge in [0.1, 0.15) is 0 Å². The lowest BCUT2D eigenvalue weighted by atomic mass is 10.2. The van der Waals surface area contributed by atoms with Gasteiger partial charge in [-0.25, -0.2) is 0 Å². The number of anilines is 1. The lowest BCUT2D eigenvalue weighted by Gasteiger charge is -2.15. The van der Waals surface area contributed by atoms with Crippen molar-refractivity contribution >= 4 is 40.9 Å². The van der Waals surface area contributed by atoms with Crippen molar-refractivity contribution in [1.29, 1.82) is 0 Å². The van der Waals surface area contributed by atoms with Crippen LogP contribution in [-0.2, 0) is 14.3 Å². The molecular weight excluding hydrogens is 358 g/mol. The van der Waals surface area contributed by atoms with Crippen molar-refractivity contribution in [3.05, 3.63) is 58.6 Å². The summed E-state index contributed by atoms with van der Waals surface area (Å²) in [5.74, 6) is -0.670. The first-order valence-electron chi connectivity index (χ1n) is 7.81. The number of benzene rings is 2. The van der Waals surface area contributed by atoms with Crippen molar-refractivity contribution in [1.82, 2.24) is 0 Å². The Morgan fingerprint density at radius 1 is 1.16 bits per heavy atom. The van der Waals surface area contributed by atoms with Crippen LogP contribution in [0.4, 0.5) is 5.69 Å². The van der Waals surface area contributed by atoms with Crippen molar-refractivity contribution in [2.24, 2.45) is 0 Å². The van der Waals surface area contributed by atoms with Gasteiger partial charge in [-0.1, -0.05) is 35.9 Å². The summed E-state index contributed by atoms with van der Waals surface area (Å²) in [6, 6.07) is 13.0. The summed E-state index contributed by atoms with van der Waals surface area (Å²) >= 11 is 7.33. The zero-order chi connectivity index (χ0) is 18.4. The first-order valence-corrected chi connectivity index (χ1v) is 9.18. The number of hydrogen-bond acceptors (Lipinski definition) is 4. The van der Waals surface area contributed by atoms with Crippen molar-refractivity contribution in [3.8, 4) is 0 Å². The molecule has 25 heavy (non-hydrogen) atoms. The Morgan fingerprint density at radius 2 is 1.88 bits per heavy atom. The molecule has 0 radical (unpaired) electrons. The molecule has 0 aliphatic rings. The fourth-order valence-electron chi connectivity index (χ4n) is 2.10. The van der Waals surface area contributed by atoms with Crippen LogP contribution in [0.1, 0.15) is 18.1 Å². The average Bonchev–Trinajstić information content (AvgIpc) is 2.57. The Balaban J connectivity index is 1.87. The third kappa shape index (κ3) is 5.80. The summed E-state index contributed by atoms with van der Waals surface area (Å²) in [7, 11) is 0. The molecular formula is C19H20ClNO3S. The molecule has 0 aliphatic carbocycles. The van der Waals surface area contributed by atoms with Gasteiger partial charge < -0.3 is 10.1 Å². The molecule has 4 nitrogen and oxygen atoms in total. The third-order valence-corrected chi connectivity index (χ3v) is 4.96. The number of aryl methyl sites for hydroxylation is 2. The smallest absolute Gasteiger partial charge is 0.317 e. The van der Waals surface area contributed by atoms with Crippen LogP contribution in [0.15, 0.2) is 47.4 Å². The molecule has 0 spiro atoms. The zero-order valence-corrected chi connectivity index (χ0v) is 15.9. The molecule has 2 aromatic carbocycles. The molecule has 0 aromatic heterocycles. The maximum absolute atomic E-state index is 12.2. The highest BCUT2D eigenvalue weighted by Gasteiger charge is 2.19. The van der Waals surface area contributed by atoms with E-state index >= 15 is 0 Å². The molecule has 0 unspecified atom stereocenters. The van der Waals surface area contributed by atoms with E-state index in [9.17, 15) is 9.59 Å². The van der Waals surface area contributed by atoms with Crippen LogP contribution in [-0.4, -0.2) is 23.7 Å². The second-order valence-electron chi connectivity index (χ2n) is 5.63. The Hall–Kier alpha value is -1.98. The monoisotopic (exact) mass is 377 g/mol. The molecule has 1 N–H and O–H groups in total. The lowest BCUT2D eigenvalue weighted by Crippen LogP contribution is -2.30. The van der Waals surface area contributed by atoms with Gasteiger partial charge in [0.25, 0.3) is 5.91 Å². The van der Waals surface area contributed by atoms with Gasteiger partial charge in [-0.2, -0.15) is 0 Å². The van der Waals surface area contributed by atoms with E-state index in [-0.39, 0.29) is 11.7 Å². The SMILES string of the molecule is Cc1ccc(Cl)cc1NC(=O)[C@@H](C)OC(=O)CSc1ccccc1C. The Labute approximate surface area is 156 Å². The largest absolute Gasteiger partial charge is 0.452 e. The van der Waals surface area contributed by atoms with Gasteiger partial charge in [0, 0.05) is 15.6 Å². The lowest BCUT2D eigenvalue weighted by molar-refractivity contribution is -0.150. The maximum Gasteiger partial charge on any atom is 0.317 e. The topological polar surface area (TPSA) is 55.4 Å². The zero-order valence-electron chi connectivity index (χ0n) is 14.3. The number of rotatable bonds is 6. The number of halogens is 1. The van der Waals surface area contributed by atoms with Gasteiger partial charge in [-0.05, 0) is 50.1 Å². The molecule has 0 aliphatic heterocycles. The summed E-state index contributed by atoms with van der Waals surface area (Å²) in [6.07, 6.45) is -0.886. The van der Waals surface area contributed by atoms with E-state index in [0.29, 0.717) is 10.7 Å². The molecule has 2 rings (SSSR count). The molecule has 0 saturated heterocycles. The summed E-state index contributed by atoms with van der Waals surface area (Å²) < 4.78 is 5.21. The first-order chi connectivity index (χ1) is 11.9. The molecule has 0 bridgehead atoms. The van der Waals surface area contributed by atoms with Crippen LogP contribution in [0.2, 0.25) is 5.02 Å². The summed E-state index contributed by atoms with van der Waals surface area (Å²) in [5.41, 5.74) is 2.59. The first kappa shape index (κ1) is 19.3. The van der Waals surface area contributed by atoms with Crippen molar-refractivity contribution in [2.45, 2.75) is 31.8 Å². The minimum absolute atomic E-state index is 0.151. The minimum atomic E-state index is -0.886. The normalized spacial score (nSPS) is 11.7. The van der Waals surface area contributed by atoms with Gasteiger partial charge in [-0.15, -0.1) is 11.8 Å². The van der Waals surface area contributed by atoms with Gasteiger partial charge in [0.2, 0.25) is 0 Å². The summed E-state index contributed by atoms with van der Waals surface area (Å²) in [5, 5.41) is 3.26. The van der Waals surface area contributed by atoms with Crippen LogP contribution in [0.5, 0.6) is 0 Å². The predicted octanol–water partition coefficient (Wildman–Crippen LogP) is 4.62. The molecule has 2 aromatic rings. The number of esters is 1. The van der Waals surface area contributed by atoms with Crippen molar-refractivity contribution < 1.29 is 14.3 Å². The van der Waals surface area contributed by atoms with E-state index in [1.807, 2.05) is 44.2 Å². The Bertz CT molecular complexity index is 779. The average molecular weight is 378 g/mol. The van der Waals surface area contributed by atoms with Crippen LogP contribution >= 0.6 is 23.4 Å². The highest BCUT2D eigenvalue weighted by molar-refractivity contribution is 8.00. The highest BCUT2D eigenvalue weighted by Crippen LogP contribution is 2.22. The van der Waals surface area contributed by atoms with E-state index < -0.39 is 12.1 Å². The van der Waals surface area contributed by atoms with E-state index in [1.54, 1.807) is 19.1 Å². The Kier molecular flexibility index (Phi) is 6.91. The van der Waals surface area contributed by atoms with Gasteiger partial charge in [-0.3, -0.25) is 9.59 Å². The molecule has 0 heterocycles. The number of carbonyl (C=O) groups excluding carboxylic acids is 2. The third-order valence-electron chi connectivity index (χ3n) is 3.57. The molecule has 1 amide bonds. The van der Waals surface area contributed by atoms with Gasteiger partial charge >= 0.3 is 5.97 Å². The van der Waals surface area contributed by atoms with Crippen LogP contribution in [0.25, 0.3) is 0 Å². The second kappa shape index (κ2) is 8.92. The van der Waals surface area contributed by atoms with Gasteiger partial charge in [0.05, 0.1) is 5.75 Å². The number of amides is 1. The summed E-state index contributed by atoms with van der Waals surface area (Å²) in [4.78, 5) is 25.2. The molecule has 6 heteroatoms. The van der Waals surface area contributed by atoms with E-state index in [4.69, 9.17) is 16.3 Å². The van der Waals surface area contributed by atoms with E-state index in [1.165, 1.54) is 11.8 Å². The molecule has 132 valence electrons. The Morgan fingerprint density at radius 3 is 2.60 bits per heavy atom. The van der Waals surface area contributed by atoms with Crippen LogP contribution in [0.3, 0.4) is 0 Å². The molecule has 1 atom stereocenters. The number of carbonyl (C=O) groups is 2. The molecule has 0 saturated carbocycles. The number of nitrogens with one attached hydrogen (secondary N) is 1. The van der Waals surface area contributed by atoms with E-state index in [2.05, 4.69) is 5.32 Å². The molecule has 0 fully saturated rings. The van der Waals surface area contributed by atoms with Gasteiger partial charge in [0.15, 0.2) is 6.10 Å². The second-order valence-corrected chi connectivity index (χ2v) is 7.09. The van der Waals surface area contributed by atoms with Crippen molar-refractivity contribution in [2.75, 3.05) is 11.1 Å².